The minimum Gasteiger partial charge on any atom is -0.356 e. The number of amides is 1. The molecular formula is C11H22N2OS. The predicted octanol–water partition coefficient (Wildman–Crippen LogP) is 1.39. The van der Waals surface area contributed by atoms with Crippen LogP contribution < -0.4 is 10.6 Å². The molecule has 0 aromatic heterocycles. The van der Waals surface area contributed by atoms with Gasteiger partial charge < -0.3 is 10.6 Å². The summed E-state index contributed by atoms with van der Waals surface area (Å²) < 4.78 is 0. The summed E-state index contributed by atoms with van der Waals surface area (Å²) in [6.07, 6.45) is 4.20. The minimum atomic E-state index is 0.174. The Morgan fingerprint density at radius 1 is 1.47 bits per heavy atom. The highest BCUT2D eigenvalue weighted by molar-refractivity contribution is 7.99. The molecule has 2 N–H and O–H groups in total. The average molecular weight is 230 g/mol. The van der Waals surface area contributed by atoms with Crippen LogP contribution in [0.15, 0.2) is 0 Å². The Morgan fingerprint density at radius 3 is 3.00 bits per heavy atom. The molecule has 88 valence electrons. The van der Waals surface area contributed by atoms with Crippen molar-refractivity contribution in [1.82, 2.24) is 10.6 Å². The lowest BCUT2D eigenvalue weighted by molar-refractivity contribution is -0.121. The monoisotopic (exact) mass is 230 g/mol. The van der Waals surface area contributed by atoms with E-state index in [-0.39, 0.29) is 5.91 Å². The van der Waals surface area contributed by atoms with Crippen molar-refractivity contribution in [2.24, 2.45) is 0 Å². The molecule has 1 aliphatic rings. The van der Waals surface area contributed by atoms with E-state index in [9.17, 15) is 4.79 Å². The number of nitrogens with one attached hydrogen (secondary N) is 2. The molecule has 0 bridgehead atoms. The van der Waals surface area contributed by atoms with Gasteiger partial charge >= 0.3 is 0 Å². The van der Waals surface area contributed by atoms with Crippen molar-refractivity contribution in [2.75, 3.05) is 24.6 Å². The zero-order valence-electron chi connectivity index (χ0n) is 9.55. The zero-order valence-corrected chi connectivity index (χ0v) is 10.4. The van der Waals surface area contributed by atoms with Gasteiger partial charge in [0, 0.05) is 31.3 Å². The van der Waals surface area contributed by atoms with Crippen molar-refractivity contribution in [1.29, 1.82) is 0 Å². The fourth-order valence-corrected chi connectivity index (χ4v) is 2.75. The topological polar surface area (TPSA) is 41.1 Å². The molecule has 4 heteroatoms. The van der Waals surface area contributed by atoms with Crippen LogP contribution >= 0.6 is 11.8 Å². The number of thioether (sulfide) groups is 1. The molecule has 15 heavy (non-hydrogen) atoms. The summed E-state index contributed by atoms with van der Waals surface area (Å²) in [5, 5.41) is 6.33. The van der Waals surface area contributed by atoms with Crippen molar-refractivity contribution >= 4 is 17.7 Å². The van der Waals surface area contributed by atoms with Gasteiger partial charge in [-0.3, -0.25) is 4.79 Å². The summed E-state index contributed by atoms with van der Waals surface area (Å²) >= 11 is 2.01. The Labute approximate surface area is 96.8 Å². The van der Waals surface area contributed by atoms with Gasteiger partial charge in [-0.25, -0.2) is 0 Å². The molecule has 1 rings (SSSR count). The molecule has 1 fully saturated rings. The number of hydrogen-bond donors (Lipinski definition) is 2. The lowest BCUT2D eigenvalue weighted by atomic mass is 10.2. The third-order valence-corrected chi connectivity index (χ3v) is 3.73. The van der Waals surface area contributed by atoms with E-state index < -0.39 is 0 Å². The van der Waals surface area contributed by atoms with Gasteiger partial charge in [0.2, 0.25) is 5.91 Å². The first-order valence-electron chi connectivity index (χ1n) is 5.90. The third-order valence-electron chi connectivity index (χ3n) is 2.52. The zero-order chi connectivity index (χ0) is 10.9. The summed E-state index contributed by atoms with van der Waals surface area (Å²) in [6.45, 7) is 3.69. The molecule has 0 aromatic rings. The van der Waals surface area contributed by atoms with Gasteiger partial charge in [0.1, 0.15) is 0 Å². The maximum Gasteiger partial charge on any atom is 0.221 e. The lowest BCUT2D eigenvalue weighted by Gasteiger charge is -2.22. The maximum absolute atomic E-state index is 11.3. The Bertz CT molecular complexity index is 181. The molecule has 0 radical (unpaired) electrons. The van der Waals surface area contributed by atoms with Crippen LogP contribution in [0.4, 0.5) is 0 Å². The molecule has 1 atom stereocenters. The largest absolute Gasteiger partial charge is 0.356 e. The maximum atomic E-state index is 11.3. The van der Waals surface area contributed by atoms with Crippen molar-refractivity contribution in [3.63, 3.8) is 0 Å². The molecule has 1 amide bonds. The molecule has 0 aliphatic carbocycles. The number of rotatable bonds is 6. The van der Waals surface area contributed by atoms with Crippen LogP contribution in [0.2, 0.25) is 0 Å². The van der Waals surface area contributed by atoms with E-state index in [4.69, 9.17) is 0 Å². The normalized spacial score (nSPS) is 21.3. The Morgan fingerprint density at radius 2 is 2.33 bits per heavy atom. The summed E-state index contributed by atoms with van der Waals surface area (Å²) in [4.78, 5) is 11.3. The predicted molar refractivity (Wildman–Crippen MR) is 66.3 cm³/mol. The van der Waals surface area contributed by atoms with Crippen LogP contribution in [0.5, 0.6) is 0 Å². The SMILES string of the molecule is CCCNC(=O)CCNC1CCCSC1. The highest BCUT2D eigenvalue weighted by Crippen LogP contribution is 2.16. The van der Waals surface area contributed by atoms with Crippen molar-refractivity contribution < 1.29 is 4.79 Å². The summed E-state index contributed by atoms with van der Waals surface area (Å²) in [6, 6.07) is 0.628. The fourth-order valence-electron chi connectivity index (χ4n) is 1.64. The first-order valence-corrected chi connectivity index (χ1v) is 7.06. The number of hydrogen-bond acceptors (Lipinski definition) is 3. The van der Waals surface area contributed by atoms with Crippen LogP contribution in [0, 0.1) is 0 Å². The lowest BCUT2D eigenvalue weighted by Crippen LogP contribution is -2.36. The van der Waals surface area contributed by atoms with Gasteiger partial charge in [-0.05, 0) is 25.0 Å². The second-order valence-electron chi connectivity index (χ2n) is 3.97. The molecule has 0 saturated carbocycles. The second kappa shape index (κ2) is 7.99. The highest BCUT2D eigenvalue weighted by atomic mass is 32.2. The third kappa shape index (κ3) is 6.05. The number of carbonyl (C=O) groups is 1. The standard InChI is InChI=1S/C11H22N2OS/c1-2-6-13-11(14)5-7-12-10-4-3-8-15-9-10/h10,12H,2-9H2,1H3,(H,13,14). The molecule has 3 nitrogen and oxygen atoms in total. The molecule has 1 saturated heterocycles. The Balaban J connectivity index is 1.97. The van der Waals surface area contributed by atoms with Gasteiger partial charge in [0.15, 0.2) is 0 Å². The number of carbonyl (C=O) groups excluding carboxylic acids is 1. The highest BCUT2D eigenvalue weighted by Gasteiger charge is 2.12. The summed E-state index contributed by atoms with van der Waals surface area (Å²) in [5.41, 5.74) is 0. The Kier molecular flexibility index (Phi) is 6.85. The van der Waals surface area contributed by atoms with E-state index in [0.717, 1.165) is 19.5 Å². The van der Waals surface area contributed by atoms with E-state index in [1.165, 1.54) is 24.3 Å². The van der Waals surface area contributed by atoms with Gasteiger partial charge in [-0.1, -0.05) is 6.92 Å². The summed E-state index contributed by atoms with van der Waals surface area (Å²) in [7, 11) is 0. The first-order chi connectivity index (χ1) is 7.33. The van der Waals surface area contributed by atoms with E-state index in [0.29, 0.717) is 12.5 Å². The van der Waals surface area contributed by atoms with Crippen molar-refractivity contribution in [3.05, 3.63) is 0 Å². The van der Waals surface area contributed by atoms with Gasteiger partial charge in [-0.2, -0.15) is 11.8 Å². The quantitative estimate of drug-likeness (QED) is 0.724. The van der Waals surface area contributed by atoms with Gasteiger partial charge in [-0.15, -0.1) is 0 Å². The van der Waals surface area contributed by atoms with Crippen LogP contribution in [-0.2, 0) is 4.79 Å². The van der Waals surface area contributed by atoms with Crippen LogP contribution in [0.1, 0.15) is 32.6 Å². The molecule has 1 aliphatic heterocycles. The average Bonchev–Trinajstić information content (AvgIpc) is 2.28. The van der Waals surface area contributed by atoms with Crippen LogP contribution in [0.25, 0.3) is 0 Å². The minimum absolute atomic E-state index is 0.174. The van der Waals surface area contributed by atoms with Crippen molar-refractivity contribution in [2.45, 2.75) is 38.6 Å². The molecule has 0 spiro atoms. The van der Waals surface area contributed by atoms with E-state index >= 15 is 0 Å². The molecule has 0 aromatic carbocycles. The van der Waals surface area contributed by atoms with E-state index in [2.05, 4.69) is 17.6 Å². The van der Waals surface area contributed by atoms with Crippen LogP contribution in [0.3, 0.4) is 0 Å². The first kappa shape index (κ1) is 12.8. The fraction of sp³-hybridized carbons (Fsp3) is 0.909. The van der Waals surface area contributed by atoms with Crippen molar-refractivity contribution in [3.8, 4) is 0 Å². The summed E-state index contributed by atoms with van der Waals surface area (Å²) in [5.74, 6) is 2.68. The Hall–Kier alpha value is -0.220. The van der Waals surface area contributed by atoms with Gasteiger partial charge in [0.05, 0.1) is 0 Å². The smallest absolute Gasteiger partial charge is 0.221 e. The second-order valence-corrected chi connectivity index (χ2v) is 5.12. The molecule has 1 heterocycles. The van der Waals surface area contributed by atoms with Gasteiger partial charge in [0.25, 0.3) is 0 Å². The molecular weight excluding hydrogens is 208 g/mol. The van der Waals surface area contributed by atoms with Crippen LogP contribution in [-0.4, -0.2) is 36.5 Å². The van der Waals surface area contributed by atoms with E-state index in [1.807, 2.05) is 11.8 Å². The molecule has 1 unspecified atom stereocenters. The van der Waals surface area contributed by atoms with E-state index in [1.54, 1.807) is 0 Å².